The highest BCUT2D eigenvalue weighted by atomic mass is 16.5. The average molecular weight is 254 g/mol. The maximum Gasteiger partial charge on any atom is 0.203 e. The second kappa shape index (κ2) is 4.66. The van der Waals surface area contributed by atoms with Crippen LogP contribution in [0.4, 0.5) is 0 Å². The van der Waals surface area contributed by atoms with Gasteiger partial charge in [0.2, 0.25) is 5.75 Å². The maximum atomic E-state index is 10.3. The number of rotatable bonds is 2. The first-order chi connectivity index (χ1) is 8.51. The van der Waals surface area contributed by atoms with Gasteiger partial charge in [0.15, 0.2) is 11.5 Å². The number of fused-ring (bicyclic) bond motifs is 1. The molecule has 1 aromatic rings. The van der Waals surface area contributed by atoms with Crippen molar-refractivity contribution in [2.45, 2.75) is 19.1 Å². The number of aliphatic hydroxyl groups is 1. The fourth-order valence-electron chi connectivity index (χ4n) is 2.58. The molecule has 0 fully saturated rings. The molecule has 0 aliphatic carbocycles. The van der Waals surface area contributed by atoms with E-state index in [-0.39, 0.29) is 11.8 Å². The van der Waals surface area contributed by atoms with Gasteiger partial charge < -0.3 is 24.6 Å². The van der Waals surface area contributed by atoms with E-state index in [1.807, 2.05) is 14.0 Å². The molecular weight excluding hydrogens is 234 g/mol. The Labute approximate surface area is 107 Å². The predicted octanol–water partition coefficient (Wildman–Crippen LogP) is 0.0321. The van der Waals surface area contributed by atoms with Gasteiger partial charge in [-0.3, -0.25) is 0 Å². The van der Waals surface area contributed by atoms with E-state index < -0.39 is 6.10 Å². The third-order valence-electron chi connectivity index (χ3n) is 3.76. The van der Waals surface area contributed by atoms with E-state index in [9.17, 15) is 10.2 Å². The summed E-state index contributed by atoms with van der Waals surface area (Å²) in [5.74, 6) is 0.835. The molecule has 1 aliphatic heterocycles. The van der Waals surface area contributed by atoms with Crippen LogP contribution < -0.4 is 14.4 Å². The van der Waals surface area contributed by atoms with Crippen LogP contribution in [0.2, 0.25) is 0 Å². The number of nitrogens with one attached hydrogen (secondary N) is 1. The van der Waals surface area contributed by atoms with Crippen LogP contribution in [-0.4, -0.2) is 38.0 Å². The third kappa shape index (κ3) is 1.79. The van der Waals surface area contributed by atoms with E-state index in [1.165, 1.54) is 14.2 Å². The van der Waals surface area contributed by atoms with Gasteiger partial charge in [-0.25, -0.2) is 0 Å². The van der Waals surface area contributed by atoms with Crippen LogP contribution in [0.15, 0.2) is 6.07 Å². The molecule has 0 saturated heterocycles. The van der Waals surface area contributed by atoms with Gasteiger partial charge in [0.1, 0.15) is 18.7 Å². The number of likely N-dealkylation sites (N-methyl/N-ethyl adjacent to an activating group) is 1. The van der Waals surface area contributed by atoms with Crippen molar-refractivity contribution in [3.8, 4) is 17.2 Å². The van der Waals surface area contributed by atoms with Gasteiger partial charge in [0, 0.05) is 5.56 Å². The lowest BCUT2D eigenvalue weighted by Crippen LogP contribution is -3.10. The fraction of sp³-hybridized carbons (Fsp3) is 0.538. The Morgan fingerprint density at radius 1 is 1.33 bits per heavy atom. The minimum Gasteiger partial charge on any atom is -0.504 e. The van der Waals surface area contributed by atoms with Crippen molar-refractivity contribution in [3.63, 3.8) is 0 Å². The number of hydrogen-bond donors (Lipinski definition) is 3. The number of phenols is 1. The molecule has 3 atom stereocenters. The first-order valence-electron chi connectivity index (χ1n) is 5.99. The van der Waals surface area contributed by atoms with E-state index in [1.54, 1.807) is 6.07 Å². The SMILES string of the molecule is COc1cc2c(c(O)c1OC)[C@H](C)[NH+](C)C[C@H]2O. The second-order valence-corrected chi connectivity index (χ2v) is 4.75. The van der Waals surface area contributed by atoms with Crippen LogP contribution in [-0.2, 0) is 0 Å². The number of benzene rings is 1. The van der Waals surface area contributed by atoms with Gasteiger partial charge in [0.05, 0.1) is 26.8 Å². The molecule has 0 radical (unpaired) electrons. The lowest BCUT2D eigenvalue weighted by Gasteiger charge is -2.33. The zero-order valence-corrected chi connectivity index (χ0v) is 11.2. The quantitative estimate of drug-likeness (QED) is 0.697. The summed E-state index contributed by atoms with van der Waals surface area (Å²) in [6.45, 7) is 2.63. The molecule has 5 heteroatoms. The molecule has 0 bridgehead atoms. The van der Waals surface area contributed by atoms with Crippen LogP contribution in [0, 0.1) is 0 Å². The molecule has 18 heavy (non-hydrogen) atoms. The van der Waals surface area contributed by atoms with Crippen LogP contribution in [0.3, 0.4) is 0 Å². The Morgan fingerprint density at radius 2 is 2.00 bits per heavy atom. The van der Waals surface area contributed by atoms with Crippen LogP contribution in [0.25, 0.3) is 0 Å². The molecule has 0 amide bonds. The molecule has 3 N–H and O–H groups in total. The van der Waals surface area contributed by atoms with Crippen molar-refractivity contribution in [1.82, 2.24) is 0 Å². The molecule has 100 valence electrons. The van der Waals surface area contributed by atoms with Crippen molar-refractivity contribution in [2.24, 2.45) is 0 Å². The maximum absolute atomic E-state index is 10.3. The Hall–Kier alpha value is -1.46. The summed E-state index contributed by atoms with van der Waals surface area (Å²) < 4.78 is 10.4. The fourth-order valence-corrected chi connectivity index (χ4v) is 2.58. The molecular formula is C13H20NO4+. The van der Waals surface area contributed by atoms with Crippen LogP contribution >= 0.6 is 0 Å². The summed E-state index contributed by atoms with van der Waals surface area (Å²) in [6, 6.07) is 1.85. The number of aromatic hydroxyl groups is 1. The van der Waals surface area contributed by atoms with Gasteiger partial charge in [-0.15, -0.1) is 0 Å². The number of phenolic OH excluding ortho intramolecular Hbond substituents is 1. The summed E-state index contributed by atoms with van der Waals surface area (Å²) in [5, 5.41) is 20.5. The molecule has 0 saturated carbocycles. The summed E-state index contributed by atoms with van der Waals surface area (Å²) in [5.41, 5.74) is 1.46. The highest BCUT2D eigenvalue weighted by molar-refractivity contribution is 5.59. The van der Waals surface area contributed by atoms with E-state index in [0.29, 0.717) is 18.0 Å². The second-order valence-electron chi connectivity index (χ2n) is 4.75. The first-order valence-corrected chi connectivity index (χ1v) is 5.99. The normalized spacial score (nSPS) is 26.6. The molecule has 5 nitrogen and oxygen atoms in total. The topological polar surface area (TPSA) is 63.4 Å². The summed E-state index contributed by atoms with van der Waals surface area (Å²) in [4.78, 5) is 1.15. The average Bonchev–Trinajstić information content (AvgIpc) is 2.35. The zero-order chi connectivity index (χ0) is 13.4. The van der Waals surface area contributed by atoms with E-state index in [4.69, 9.17) is 9.47 Å². The largest absolute Gasteiger partial charge is 0.504 e. The third-order valence-corrected chi connectivity index (χ3v) is 3.76. The minimum absolute atomic E-state index is 0.0671. The monoisotopic (exact) mass is 254 g/mol. The molecule has 0 spiro atoms. The molecule has 1 unspecified atom stereocenters. The lowest BCUT2D eigenvalue weighted by molar-refractivity contribution is -0.916. The predicted molar refractivity (Wildman–Crippen MR) is 66.3 cm³/mol. The van der Waals surface area contributed by atoms with E-state index in [0.717, 1.165) is 16.0 Å². The van der Waals surface area contributed by atoms with Crippen molar-refractivity contribution >= 4 is 0 Å². The van der Waals surface area contributed by atoms with Gasteiger partial charge >= 0.3 is 0 Å². The van der Waals surface area contributed by atoms with Gasteiger partial charge in [-0.05, 0) is 13.0 Å². The summed E-state index contributed by atoms with van der Waals surface area (Å²) in [7, 11) is 5.00. The molecule has 1 aliphatic rings. The highest BCUT2D eigenvalue weighted by Gasteiger charge is 2.35. The highest BCUT2D eigenvalue weighted by Crippen LogP contribution is 2.45. The Morgan fingerprint density at radius 3 is 2.56 bits per heavy atom. The smallest absolute Gasteiger partial charge is 0.203 e. The van der Waals surface area contributed by atoms with Crippen LogP contribution in [0.1, 0.15) is 30.2 Å². The van der Waals surface area contributed by atoms with Crippen molar-refractivity contribution in [3.05, 3.63) is 17.2 Å². The lowest BCUT2D eigenvalue weighted by atomic mass is 9.90. The number of methoxy groups -OCH3 is 2. The zero-order valence-electron chi connectivity index (χ0n) is 11.2. The van der Waals surface area contributed by atoms with Gasteiger partial charge in [-0.2, -0.15) is 0 Å². The molecule has 0 aromatic heterocycles. The Balaban J connectivity index is 2.67. The first kappa shape index (κ1) is 13.0. The standard InChI is InChI=1S/C13H19NO4/c1-7-11-8(9(15)6-14(7)2)5-10(17-3)13(18-4)12(11)16/h5,7,9,15-16H,6H2,1-4H3/p+1/t7-,9+/m0/s1. The molecule has 1 aromatic carbocycles. The van der Waals surface area contributed by atoms with Crippen molar-refractivity contribution < 1.29 is 24.6 Å². The molecule has 1 heterocycles. The van der Waals surface area contributed by atoms with Crippen molar-refractivity contribution in [2.75, 3.05) is 27.8 Å². The number of hydrogen-bond acceptors (Lipinski definition) is 4. The Bertz CT molecular complexity index is 461. The van der Waals surface area contributed by atoms with Gasteiger partial charge in [-0.1, -0.05) is 0 Å². The van der Waals surface area contributed by atoms with Gasteiger partial charge in [0.25, 0.3) is 0 Å². The number of quaternary nitrogens is 1. The summed E-state index contributed by atoms with van der Waals surface area (Å²) >= 11 is 0. The van der Waals surface area contributed by atoms with Crippen LogP contribution in [0.5, 0.6) is 17.2 Å². The number of aliphatic hydroxyl groups excluding tert-OH is 1. The Kier molecular flexibility index (Phi) is 3.36. The van der Waals surface area contributed by atoms with E-state index >= 15 is 0 Å². The number of ether oxygens (including phenoxy) is 2. The molecule has 2 rings (SSSR count). The van der Waals surface area contributed by atoms with E-state index in [2.05, 4.69) is 0 Å². The minimum atomic E-state index is -0.595. The summed E-state index contributed by atoms with van der Waals surface area (Å²) in [6.07, 6.45) is -0.595. The van der Waals surface area contributed by atoms with Crippen molar-refractivity contribution in [1.29, 1.82) is 0 Å².